The van der Waals surface area contributed by atoms with Crippen LogP contribution in [0.15, 0.2) is 0 Å². The normalized spacial score (nSPS) is 34.0. The van der Waals surface area contributed by atoms with Crippen molar-refractivity contribution in [1.29, 1.82) is 5.26 Å². The lowest BCUT2D eigenvalue weighted by molar-refractivity contribution is 0.321. The number of likely N-dealkylation sites (tertiary alicyclic amines) is 1. The van der Waals surface area contributed by atoms with Gasteiger partial charge in [0.05, 0.1) is 12.6 Å². The summed E-state index contributed by atoms with van der Waals surface area (Å²) in [6.07, 6.45) is 6.00. The predicted octanol–water partition coefficient (Wildman–Crippen LogP) is 0.196. The largest absolute Gasteiger partial charge is 0.301 e. The third-order valence-electron chi connectivity index (χ3n) is 2.66. The fourth-order valence-electron chi connectivity index (χ4n) is 1.78. The molecule has 0 aromatic rings. The van der Waals surface area contributed by atoms with Gasteiger partial charge in [-0.1, -0.05) is 5.92 Å². The van der Waals surface area contributed by atoms with Gasteiger partial charge in [0.1, 0.15) is 5.54 Å². The Morgan fingerprint density at radius 2 is 2.46 bits per heavy atom. The second-order valence-corrected chi connectivity index (χ2v) is 3.72. The molecule has 13 heavy (non-hydrogen) atoms. The second-order valence-electron chi connectivity index (χ2n) is 3.72. The molecule has 0 aromatic carbocycles. The maximum atomic E-state index is 9.07. The Bertz CT molecular complexity index is 248. The van der Waals surface area contributed by atoms with Gasteiger partial charge in [-0.3, -0.25) is 5.32 Å². The quantitative estimate of drug-likeness (QED) is 0.612. The van der Waals surface area contributed by atoms with E-state index in [1.165, 1.54) is 0 Å². The van der Waals surface area contributed by atoms with Gasteiger partial charge in [0.2, 0.25) is 0 Å². The lowest BCUT2D eigenvalue weighted by Gasteiger charge is -2.20. The zero-order chi connectivity index (χ0) is 9.90. The van der Waals surface area contributed by atoms with Gasteiger partial charge < -0.3 is 4.90 Å². The van der Waals surface area contributed by atoms with E-state index in [4.69, 9.17) is 11.7 Å². The van der Waals surface area contributed by atoms with Crippen LogP contribution in [-0.4, -0.2) is 36.6 Å². The van der Waals surface area contributed by atoms with E-state index in [-0.39, 0.29) is 0 Å². The molecular weight excluding hydrogens is 162 g/mol. The molecule has 0 bridgehead atoms. The molecule has 3 heteroatoms. The molecule has 1 rings (SSSR count). The van der Waals surface area contributed by atoms with E-state index in [1.807, 2.05) is 7.05 Å². The lowest BCUT2D eigenvalue weighted by atomic mass is 9.98. The topological polar surface area (TPSA) is 39.1 Å². The smallest absolute Gasteiger partial charge is 0.121 e. The molecule has 1 aliphatic heterocycles. The van der Waals surface area contributed by atoms with Crippen LogP contribution < -0.4 is 5.32 Å². The average molecular weight is 177 g/mol. The van der Waals surface area contributed by atoms with E-state index in [1.54, 1.807) is 0 Å². The van der Waals surface area contributed by atoms with Gasteiger partial charge >= 0.3 is 0 Å². The Hall–Kier alpha value is -1.03. The summed E-state index contributed by atoms with van der Waals surface area (Å²) in [5.41, 5.74) is -0.430. The molecule has 0 aliphatic carbocycles. The van der Waals surface area contributed by atoms with Crippen molar-refractivity contribution in [3.63, 3.8) is 0 Å². The summed E-state index contributed by atoms with van der Waals surface area (Å²) in [6.45, 7) is 3.34. The Morgan fingerprint density at radius 3 is 2.85 bits per heavy atom. The van der Waals surface area contributed by atoms with Crippen molar-refractivity contribution in [2.75, 3.05) is 20.1 Å². The number of nitrogens with one attached hydrogen (secondary N) is 1. The molecule has 2 unspecified atom stereocenters. The van der Waals surface area contributed by atoms with E-state index >= 15 is 0 Å². The maximum Gasteiger partial charge on any atom is 0.121 e. The van der Waals surface area contributed by atoms with Crippen molar-refractivity contribution in [2.24, 2.45) is 0 Å². The SMILES string of the molecule is C#CCNC1(C#N)CC(C)N(C)C1. The summed E-state index contributed by atoms with van der Waals surface area (Å²) < 4.78 is 0. The first kappa shape index (κ1) is 10.1. The van der Waals surface area contributed by atoms with Crippen LogP contribution in [0.3, 0.4) is 0 Å². The van der Waals surface area contributed by atoms with Crippen molar-refractivity contribution >= 4 is 0 Å². The number of nitriles is 1. The molecule has 70 valence electrons. The van der Waals surface area contributed by atoms with Crippen LogP contribution in [0.2, 0.25) is 0 Å². The molecule has 1 N–H and O–H groups in total. The Labute approximate surface area is 79.7 Å². The van der Waals surface area contributed by atoms with Crippen molar-refractivity contribution in [1.82, 2.24) is 10.2 Å². The van der Waals surface area contributed by atoms with Crippen molar-refractivity contribution in [3.8, 4) is 18.4 Å². The van der Waals surface area contributed by atoms with Crippen LogP contribution in [0.25, 0.3) is 0 Å². The highest BCUT2D eigenvalue weighted by molar-refractivity contribution is 5.15. The standard InChI is InChI=1S/C10H15N3/c1-4-5-12-10(7-11)6-9(2)13(3)8-10/h1,9,12H,5-6,8H2,2-3H3. The molecule has 1 fully saturated rings. The number of terminal acetylenes is 1. The Kier molecular flexibility index (Phi) is 2.93. The summed E-state index contributed by atoms with van der Waals surface area (Å²) in [5.74, 6) is 2.50. The van der Waals surface area contributed by atoms with E-state index < -0.39 is 5.54 Å². The first-order valence-electron chi connectivity index (χ1n) is 4.43. The van der Waals surface area contributed by atoms with Gasteiger partial charge in [-0.05, 0) is 20.4 Å². The fraction of sp³-hybridized carbons (Fsp3) is 0.700. The van der Waals surface area contributed by atoms with Crippen LogP contribution in [0.1, 0.15) is 13.3 Å². The number of hydrogen-bond acceptors (Lipinski definition) is 3. The zero-order valence-corrected chi connectivity index (χ0v) is 8.17. The van der Waals surface area contributed by atoms with E-state index in [0.29, 0.717) is 12.6 Å². The first-order valence-corrected chi connectivity index (χ1v) is 4.43. The van der Waals surface area contributed by atoms with Gasteiger partial charge in [-0.25, -0.2) is 0 Å². The van der Waals surface area contributed by atoms with Crippen LogP contribution in [0.5, 0.6) is 0 Å². The first-order chi connectivity index (χ1) is 6.13. The molecule has 3 nitrogen and oxygen atoms in total. The fourth-order valence-corrected chi connectivity index (χ4v) is 1.78. The Balaban J connectivity index is 2.65. The minimum Gasteiger partial charge on any atom is -0.301 e. The molecule has 0 radical (unpaired) electrons. The van der Waals surface area contributed by atoms with Crippen LogP contribution in [0, 0.1) is 23.7 Å². The number of nitrogens with zero attached hydrogens (tertiary/aromatic N) is 2. The minimum absolute atomic E-state index is 0.430. The third kappa shape index (κ3) is 2.01. The summed E-state index contributed by atoms with van der Waals surface area (Å²) >= 11 is 0. The molecule has 0 aromatic heterocycles. The van der Waals surface area contributed by atoms with E-state index in [2.05, 4.69) is 29.1 Å². The van der Waals surface area contributed by atoms with Crippen LogP contribution in [-0.2, 0) is 0 Å². The molecule has 0 amide bonds. The van der Waals surface area contributed by atoms with Crippen molar-refractivity contribution in [3.05, 3.63) is 0 Å². The molecule has 1 saturated heterocycles. The van der Waals surface area contributed by atoms with Crippen LogP contribution in [0.4, 0.5) is 0 Å². The van der Waals surface area contributed by atoms with Gasteiger partial charge in [0.25, 0.3) is 0 Å². The van der Waals surface area contributed by atoms with Crippen LogP contribution >= 0.6 is 0 Å². The average Bonchev–Trinajstić information content (AvgIpc) is 2.40. The summed E-state index contributed by atoms with van der Waals surface area (Å²) in [7, 11) is 2.03. The van der Waals surface area contributed by atoms with Crippen molar-refractivity contribution < 1.29 is 0 Å². The zero-order valence-electron chi connectivity index (χ0n) is 8.17. The van der Waals surface area contributed by atoms with Gasteiger partial charge in [-0.2, -0.15) is 5.26 Å². The highest BCUT2D eigenvalue weighted by Gasteiger charge is 2.40. The summed E-state index contributed by atoms with van der Waals surface area (Å²) in [4.78, 5) is 2.17. The van der Waals surface area contributed by atoms with Crippen molar-refractivity contribution in [2.45, 2.75) is 24.9 Å². The second kappa shape index (κ2) is 3.79. The van der Waals surface area contributed by atoms with E-state index in [9.17, 15) is 0 Å². The summed E-state index contributed by atoms with van der Waals surface area (Å²) in [6, 6.07) is 2.77. The highest BCUT2D eigenvalue weighted by atomic mass is 15.2. The Morgan fingerprint density at radius 1 is 1.77 bits per heavy atom. The predicted molar refractivity (Wildman–Crippen MR) is 51.9 cm³/mol. The molecule has 0 spiro atoms. The maximum absolute atomic E-state index is 9.07. The molecule has 2 atom stereocenters. The minimum atomic E-state index is -0.430. The lowest BCUT2D eigenvalue weighted by Crippen LogP contribution is -2.46. The number of likely N-dealkylation sites (N-methyl/N-ethyl adjacent to an activating group) is 1. The number of hydrogen-bond donors (Lipinski definition) is 1. The monoisotopic (exact) mass is 177 g/mol. The van der Waals surface area contributed by atoms with E-state index in [0.717, 1.165) is 13.0 Å². The van der Waals surface area contributed by atoms with Gasteiger partial charge in [-0.15, -0.1) is 6.42 Å². The third-order valence-corrected chi connectivity index (χ3v) is 2.66. The highest BCUT2D eigenvalue weighted by Crippen LogP contribution is 2.24. The molecular formula is C10H15N3. The molecule has 0 saturated carbocycles. The number of rotatable bonds is 2. The summed E-state index contributed by atoms with van der Waals surface area (Å²) in [5, 5.41) is 12.2. The van der Waals surface area contributed by atoms with Gasteiger partial charge in [0.15, 0.2) is 0 Å². The molecule has 1 heterocycles. The van der Waals surface area contributed by atoms with Gasteiger partial charge in [0, 0.05) is 12.6 Å². The molecule has 1 aliphatic rings.